The van der Waals surface area contributed by atoms with Crippen molar-refractivity contribution in [3.63, 3.8) is 0 Å². The van der Waals surface area contributed by atoms with Gasteiger partial charge < -0.3 is 19.9 Å². The van der Waals surface area contributed by atoms with E-state index >= 15 is 0 Å². The summed E-state index contributed by atoms with van der Waals surface area (Å²) in [4.78, 5) is 2.49. The molecule has 0 fully saturated rings. The van der Waals surface area contributed by atoms with Gasteiger partial charge in [-0.05, 0) is 43.2 Å². The van der Waals surface area contributed by atoms with Crippen LogP contribution in [0, 0.1) is 13.8 Å². The summed E-state index contributed by atoms with van der Waals surface area (Å²) in [5, 5.41) is 0. The summed E-state index contributed by atoms with van der Waals surface area (Å²) < 4.78 is 16.1. The van der Waals surface area contributed by atoms with Gasteiger partial charge in [0.15, 0.2) is 11.5 Å². The summed E-state index contributed by atoms with van der Waals surface area (Å²) in [6.07, 6.45) is 0. The minimum Gasteiger partial charge on any atom is -0.493 e. The number of nitrogens with two attached hydrogens (primary N) is 1. The lowest BCUT2D eigenvalue weighted by Gasteiger charge is -2.18. The first-order valence-electron chi connectivity index (χ1n) is 6.64. The molecule has 0 aliphatic carbocycles. The first-order chi connectivity index (χ1) is 10.0. The van der Waals surface area contributed by atoms with E-state index in [1.165, 1.54) is 9.75 Å². The van der Waals surface area contributed by atoms with Crippen LogP contribution in [0.5, 0.6) is 17.2 Å². The number of methoxy groups -OCH3 is 3. The summed E-state index contributed by atoms with van der Waals surface area (Å²) in [7, 11) is 4.80. The van der Waals surface area contributed by atoms with Gasteiger partial charge >= 0.3 is 0 Å². The molecule has 1 unspecified atom stereocenters. The molecule has 0 aliphatic rings. The Balaban J connectivity index is 2.51. The molecule has 5 heteroatoms. The van der Waals surface area contributed by atoms with Gasteiger partial charge in [-0.1, -0.05) is 0 Å². The van der Waals surface area contributed by atoms with Gasteiger partial charge in [0.1, 0.15) is 0 Å². The molecule has 0 aliphatic heterocycles. The van der Waals surface area contributed by atoms with E-state index in [4.69, 9.17) is 19.9 Å². The Kier molecular flexibility index (Phi) is 4.75. The summed E-state index contributed by atoms with van der Waals surface area (Å²) in [6, 6.07) is 5.72. The minimum absolute atomic E-state index is 0.219. The van der Waals surface area contributed by atoms with Crippen LogP contribution in [0.3, 0.4) is 0 Å². The Morgan fingerprint density at radius 3 is 1.90 bits per heavy atom. The molecule has 0 saturated carbocycles. The highest BCUT2D eigenvalue weighted by Crippen LogP contribution is 2.41. The number of ether oxygens (including phenoxy) is 3. The van der Waals surface area contributed by atoms with Gasteiger partial charge in [0.25, 0.3) is 0 Å². The molecular formula is C16H21NO3S. The molecule has 0 radical (unpaired) electrons. The van der Waals surface area contributed by atoms with Crippen LogP contribution in [-0.4, -0.2) is 21.3 Å². The minimum atomic E-state index is -0.219. The first kappa shape index (κ1) is 15.7. The van der Waals surface area contributed by atoms with Crippen LogP contribution in [-0.2, 0) is 0 Å². The SMILES string of the molecule is COc1cc(C(N)c2cc(C)sc2C)cc(OC)c1OC. The zero-order chi connectivity index (χ0) is 15.6. The van der Waals surface area contributed by atoms with E-state index in [2.05, 4.69) is 19.9 Å². The van der Waals surface area contributed by atoms with Crippen LogP contribution in [0.2, 0.25) is 0 Å². The monoisotopic (exact) mass is 307 g/mol. The van der Waals surface area contributed by atoms with Gasteiger partial charge in [-0.2, -0.15) is 0 Å². The molecule has 0 spiro atoms. The van der Waals surface area contributed by atoms with Gasteiger partial charge in [0.05, 0.1) is 27.4 Å². The number of hydrogen-bond donors (Lipinski definition) is 1. The Labute approximate surface area is 129 Å². The Bertz CT molecular complexity index is 611. The Morgan fingerprint density at radius 2 is 1.52 bits per heavy atom. The highest BCUT2D eigenvalue weighted by Gasteiger charge is 2.19. The average molecular weight is 307 g/mol. The lowest BCUT2D eigenvalue weighted by atomic mass is 9.99. The highest BCUT2D eigenvalue weighted by atomic mass is 32.1. The molecule has 2 N–H and O–H groups in total. The summed E-state index contributed by atoms with van der Waals surface area (Å²) in [5.74, 6) is 1.81. The van der Waals surface area contributed by atoms with Crippen molar-refractivity contribution < 1.29 is 14.2 Å². The Hall–Kier alpha value is -1.72. The van der Waals surface area contributed by atoms with Gasteiger partial charge in [0.2, 0.25) is 5.75 Å². The van der Waals surface area contributed by atoms with E-state index in [-0.39, 0.29) is 6.04 Å². The quantitative estimate of drug-likeness (QED) is 0.919. The first-order valence-corrected chi connectivity index (χ1v) is 7.45. The largest absolute Gasteiger partial charge is 0.493 e. The molecule has 1 aromatic heterocycles. The van der Waals surface area contributed by atoms with Gasteiger partial charge in [0, 0.05) is 9.75 Å². The summed E-state index contributed by atoms with van der Waals surface area (Å²) in [5.41, 5.74) is 8.49. The third kappa shape index (κ3) is 2.99. The zero-order valence-corrected chi connectivity index (χ0v) is 13.8. The molecule has 4 nitrogen and oxygen atoms in total. The average Bonchev–Trinajstić information content (AvgIpc) is 2.83. The maximum Gasteiger partial charge on any atom is 0.203 e. The van der Waals surface area contributed by atoms with E-state index in [0.717, 1.165) is 11.1 Å². The van der Waals surface area contributed by atoms with Crippen molar-refractivity contribution in [2.24, 2.45) is 5.73 Å². The number of benzene rings is 1. The maximum atomic E-state index is 6.42. The highest BCUT2D eigenvalue weighted by molar-refractivity contribution is 7.12. The third-order valence-electron chi connectivity index (χ3n) is 3.46. The van der Waals surface area contributed by atoms with E-state index in [1.54, 1.807) is 32.7 Å². The van der Waals surface area contributed by atoms with Crippen molar-refractivity contribution in [1.29, 1.82) is 0 Å². The second-order valence-electron chi connectivity index (χ2n) is 4.80. The molecule has 1 aromatic carbocycles. The molecule has 0 bridgehead atoms. The molecule has 0 amide bonds. The molecule has 2 aromatic rings. The third-order valence-corrected chi connectivity index (χ3v) is 4.44. The second kappa shape index (κ2) is 6.37. The fourth-order valence-corrected chi connectivity index (χ4v) is 3.39. The number of thiophene rings is 1. The van der Waals surface area contributed by atoms with Crippen LogP contribution >= 0.6 is 11.3 Å². The van der Waals surface area contributed by atoms with E-state index in [1.807, 2.05) is 12.1 Å². The van der Waals surface area contributed by atoms with Gasteiger partial charge in [-0.15, -0.1) is 11.3 Å². The van der Waals surface area contributed by atoms with Crippen LogP contribution in [0.25, 0.3) is 0 Å². The Morgan fingerprint density at radius 1 is 0.952 bits per heavy atom. The maximum absolute atomic E-state index is 6.42. The van der Waals surface area contributed by atoms with Crippen molar-refractivity contribution in [2.45, 2.75) is 19.9 Å². The molecule has 0 saturated heterocycles. The number of rotatable bonds is 5. The van der Waals surface area contributed by atoms with Crippen molar-refractivity contribution in [1.82, 2.24) is 0 Å². The van der Waals surface area contributed by atoms with Crippen molar-refractivity contribution in [3.8, 4) is 17.2 Å². The summed E-state index contributed by atoms with van der Waals surface area (Å²) >= 11 is 1.75. The normalized spacial score (nSPS) is 12.1. The van der Waals surface area contributed by atoms with Gasteiger partial charge in [-0.25, -0.2) is 0 Å². The summed E-state index contributed by atoms with van der Waals surface area (Å²) in [6.45, 7) is 4.17. The van der Waals surface area contributed by atoms with E-state index < -0.39 is 0 Å². The van der Waals surface area contributed by atoms with Crippen LogP contribution in [0.15, 0.2) is 18.2 Å². The topological polar surface area (TPSA) is 53.7 Å². The van der Waals surface area contributed by atoms with Gasteiger partial charge in [-0.3, -0.25) is 0 Å². The van der Waals surface area contributed by atoms with Crippen molar-refractivity contribution >= 4 is 11.3 Å². The molecule has 1 atom stereocenters. The standard InChI is InChI=1S/C16H21NO3S/c1-9-6-12(10(2)21-9)15(17)11-7-13(18-3)16(20-5)14(8-11)19-4/h6-8,15H,17H2,1-5H3. The molecule has 2 rings (SSSR count). The lowest BCUT2D eigenvalue weighted by molar-refractivity contribution is 0.323. The molecule has 114 valence electrons. The predicted octanol–water partition coefficient (Wildman–Crippen LogP) is 3.44. The fraction of sp³-hybridized carbons (Fsp3) is 0.375. The van der Waals surface area contributed by atoms with Crippen molar-refractivity contribution in [3.05, 3.63) is 39.1 Å². The van der Waals surface area contributed by atoms with E-state index in [9.17, 15) is 0 Å². The van der Waals surface area contributed by atoms with Crippen molar-refractivity contribution in [2.75, 3.05) is 21.3 Å². The predicted molar refractivity (Wildman–Crippen MR) is 85.9 cm³/mol. The number of hydrogen-bond acceptors (Lipinski definition) is 5. The fourth-order valence-electron chi connectivity index (χ4n) is 2.42. The van der Waals surface area contributed by atoms with Crippen LogP contribution < -0.4 is 19.9 Å². The van der Waals surface area contributed by atoms with Crippen LogP contribution in [0.4, 0.5) is 0 Å². The number of aryl methyl sites for hydroxylation is 2. The molecule has 21 heavy (non-hydrogen) atoms. The van der Waals surface area contributed by atoms with E-state index in [0.29, 0.717) is 17.2 Å². The lowest BCUT2D eigenvalue weighted by Crippen LogP contribution is -2.12. The smallest absolute Gasteiger partial charge is 0.203 e. The second-order valence-corrected chi connectivity index (χ2v) is 6.27. The zero-order valence-electron chi connectivity index (χ0n) is 13.0. The van der Waals surface area contributed by atoms with Crippen LogP contribution in [0.1, 0.15) is 26.9 Å². The molecule has 1 heterocycles. The molecular weight excluding hydrogens is 286 g/mol.